The quantitative estimate of drug-likeness (QED) is 0.348. The monoisotopic (exact) mass is 562 g/mol. The number of benzene rings is 2. The Morgan fingerprint density at radius 1 is 0.919 bits per heavy atom. The minimum absolute atomic E-state index is 0.0538. The number of piperazine rings is 1. The Kier molecular flexibility index (Phi) is 6.88. The molecule has 5 rings (SSSR count). The van der Waals surface area contributed by atoms with Crippen molar-refractivity contribution in [1.29, 1.82) is 0 Å². The molecule has 0 aliphatic carbocycles. The van der Waals surface area contributed by atoms with Crippen LogP contribution < -0.4 is 14.4 Å². The lowest BCUT2D eigenvalue weighted by Crippen LogP contribution is -2.49. The summed E-state index contributed by atoms with van der Waals surface area (Å²) in [6.45, 7) is 3.10. The van der Waals surface area contributed by atoms with Crippen LogP contribution in [0.15, 0.2) is 47.8 Å². The molecule has 194 valence electrons. The van der Waals surface area contributed by atoms with Gasteiger partial charge < -0.3 is 14.4 Å². The molecule has 0 radical (unpaired) electrons. The molecule has 1 aliphatic heterocycles. The van der Waals surface area contributed by atoms with Crippen molar-refractivity contribution in [2.24, 2.45) is 0 Å². The zero-order chi connectivity index (χ0) is 26.3. The molecule has 3 heterocycles. The van der Waals surface area contributed by atoms with Crippen molar-refractivity contribution >= 4 is 44.8 Å². The molecule has 1 saturated heterocycles. The van der Waals surface area contributed by atoms with Gasteiger partial charge in [-0.25, -0.2) is 13.4 Å². The molecule has 0 atom stereocenters. The Balaban J connectivity index is 1.49. The van der Waals surface area contributed by atoms with Crippen LogP contribution in [-0.4, -0.2) is 72.7 Å². The topological polar surface area (TPSA) is 102 Å². The summed E-state index contributed by atoms with van der Waals surface area (Å²) in [5.74, 6) is 2.39. The molecule has 2 aromatic carbocycles. The van der Waals surface area contributed by atoms with Gasteiger partial charge in [0.25, 0.3) is 5.78 Å². The molecule has 2 aromatic heterocycles. The standard InChI is InChI=1S/C24H24Cl2N6O4S/c1-15-10-22(19(26)12-18(15)25)37(33,34)31-8-6-30(7-9-31)23-17(13-27-24-28-14-29-32(23)24)16-4-5-20(35-2)21(11-16)36-3/h4-5,10-14H,6-9H2,1-3H3. The highest BCUT2D eigenvalue weighted by molar-refractivity contribution is 7.89. The molecular formula is C24H24Cl2N6O4S. The van der Waals surface area contributed by atoms with E-state index in [0.717, 1.165) is 16.9 Å². The van der Waals surface area contributed by atoms with Gasteiger partial charge in [-0.15, -0.1) is 0 Å². The molecule has 0 bridgehead atoms. The third-order valence-electron chi connectivity index (χ3n) is 6.34. The van der Waals surface area contributed by atoms with Gasteiger partial charge in [0.15, 0.2) is 11.5 Å². The van der Waals surface area contributed by atoms with Crippen LogP contribution in [0.3, 0.4) is 0 Å². The van der Waals surface area contributed by atoms with Crippen LogP contribution in [0.5, 0.6) is 11.5 Å². The summed E-state index contributed by atoms with van der Waals surface area (Å²) < 4.78 is 40.8. The number of aromatic nitrogens is 4. The van der Waals surface area contributed by atoms with Crippen LogP contribution >= 0.6 is 23.2 Å². The number of ether oxygens (including phenoxy) is 2. The second-order valence-corrected chi connectivity index (χ2v) is 11.2. The predicted molar refractivity (Wildman–Crippen MR) is 141 cm³/mol. The Hall–Kier alpha value is -3.12. The highest BCUT2D eigenvalue weighted by Gasteiger charge is 2.32. The van der Waals surface area contributed by atoms with E-state index in [1.165, 1.54) is 22.8 Å². The van der Waals surface area contributed by atoms with E-state index in [9.17, 15) is 8.42 Å². The van der Waals surface area contributed by atoms with Crippen LogP contribution in [0, 0.1) is 6.92 Å². The molecule has 4 aromatic rings. The van der Waals surface area contributed by atoms with Crippen LogP contribution in [-0.2, 0) is 10.0 Å². The molecule has 37 heavy (non-hydrogen) atoms. The number of halogens is 2. The van der Waals surface area contributed by atoms with Gasteiger partial charge in [-0.1, -0.05) is 29.3 Å². The summed E-state index contributed by atoms with van der Waals surface area (Å²) in [7, 11) is -0.649. The van der Waals surface area contributed by atoms with E-state index in [-0.39, 0.29) is 23.0 Å². The Morgan fingerprint density at radius 2 is 1.65 bits per heavy atom. The highest BCUT2D eigenvalue weighted by Crippen LogP contribution is 2.37. The molecule has 10 nitrogen and oxygen atoms in total. The van der Waals surface area contributed by atoms with Crippen molar-refractivity contribution in [2.45, 2.75) is 11.8 Å². The number of fused-ring (bicyclic) bond motifs is 1. The predicted octanol–water partition coefficient (Wildman–Crippen LogP) is 3.93. The lowest BCUT2D eigenvalue weighted by atomic mass is 10.1. The average Bonchev–Trinajstić information content (AvgIpc) is 3.38. The molecule has 1 fully saturated rings. The highest BCUT2D eigenvalue weighted by atomic mass is 35.5. The number of rotatable bonds is 6. The van der Waals surface area contributed by atoms with E-state index < -0.39 is 10.0 Å². The van der Waals surface area contributed by atoms with Crippen molar-refractivity contribution < 1.29 is 17.9 Å². The number of aryl methyl sites for hydroxylation is 1. The maximum Gasteiger partial charge on any atom is 0.254 e. The summed E-state index contributed by atoms with van der Waals surface area (Å²) >= 11 is 12.4. The van der Waals surface area contributed by atoms with Crippen LogP contribution in [0.2, 0.25) is 10.0 Å². The van der Waals surface area contributed by atoms with Crippen molar-refractivity contribution in [3.63, 3.8) is 0 Å². The molecule has 0 spiro atoms. The number of hydrogen-bond acceptors (Lipinski definition) is 8. The molecule has 1 aliphatic rings. The summed E-state index contributed by atoms with van der Waals surface area (Å²) in [5, 5.41) is 4.91. The van der Waals surface area contributed by atoms with Crippen molar-refractivity contribution in [1.82, 2.24) is 23.9 Å². The van der Waals surface area contributed by atoms with Gasteiger partial charge in [0.2, 0.25) is 10.0 Å². The third kappa shape index (κ3) is 4.56. The third-order valence-corrected chi connectivity index (χ3v) is 9.11. The zero-order valence-corrected chi connectivity index (χ0v) is 22.7. The maximum atomic E-state index is 13.4. The Labute approximate surface area is 224 Å². The van der Waals surface area contributed by atoms with Gasteiger partial charge in [0.05, 0.1) is 19.2 Å². The van der Waals surface area contributed by atoms with E-state index in [4.69, 9.17) is 32.7 Å². The number of nitrogens with zero attached hydrogens (tertiary/aromatic N) is 6. The first-order chi connectivity index (χ1) is 17.7. The summed E-state index contributed by atoms with van der Waals surface area (Å²) in [5.41, 5.74) is 2.29. The van der Waals surface area contributed by atoms with E-state index in [0.29, 0.717) is 41.0 Å². The first-order valence-electron chi connectivity index (χ1n) is 11.4. The number of anilines is 1. The van der Waals surface area contributed by atoms with E-state index in [1.54, 1.807) is 31.9 Å². The van der Waals surface area contributed by atoms with Crippen molar-refractivity contribution in [3.8, 4) is 22.6 Å². The van der Waals surface area contributed by atoms with E-state index in [2.05, 4.69) is 20.0 Å². The largest absolute Gasteiger partial charge is 0.493 e. The fourth-order valence-corrected chi connectivity index (χ4v) is 6.62. The first-order valence-corrected chi connectivity index (χ1v) is 13.6. The average molecular weight is 563 g/mol. The SMILES string of the molecule is COc1ccc(-c2cnc3ncnn3c2N2CCN(S(=O)(=O)c3cc(C)c(Cl)cc3Cl)CC2)cc1OC. The van der Waals surface area contributed by atoms with Gasteiger partial charge in [-0.2, -0.15) is 18.9 Å². The normalized spacial score (nSPS) is 14.8. The molecule has 0 unspecified atom stereocenters. The van der Waals surface area contributed by atoms with Crippen LogP contribution in [0.1, 0.15) is 5.56 Å². The molecule has 0 saturated carbocycles. The fourth-order valence-electron chi connectivity index (χ4n) is 4.39. The zero-order valence-electron chi connectivity index (χ0n) is 20.4. The minimum atomic E-state index is -3.81. The van der Waals surface area contributed by atoms with Crippen molar-refractivity contribution in [2.75, 3.05) is 45.3 Å². The van der Waals surface area contributed by atoms with Gasteiger partial charge >= 0.3 is 0 Å². The second-order valence-electron chi connectivity index (χ2n) is 8.46. The molecule has 0 amide bonds. The Bertz CT molecular complexity index is 1590. The smallest absolute Gasteiger partial charge is 0.254 e. The fraction of sp³-hybridized carbons (Fsp3) is 0.292. The summed E-state index contributed by atoms with van der Waals surface area (Å²) in [6, 6.07) is 8.59. The summed E-state index contributed by atoms with van der Waals surface area (Å²) in [4.78, 5) is 10.8. The minimum Gasteiger partial charge on any atom is -0.493 e. The number of methoxy groups -OCH3 is 2. The number of sulfonamides is 1. The van der Waals surface area contributed by atoms with E-state index >= 15 is 0 Å². The van der Waals surface area contributed by atoms with E-state index in [1.807, 2.05) is 18.2 Å². The number of hydrogen-bond donors (Lipinski definition) is 0. The second kappa shape index (κ2) is 9.97. The lowest BCUT2D eigenvalue weighted by molar-refractivity contribution is 0.355. The van der Waals surface area contributed by atoms with Gasteiger partial charge in [-0.3, -0.25) is 0 Å². The van der Waals surface area contributed by atoms with Gasteiger partial charge in [0.1, 0.15) is 17.0 Å². The van der Waals surface area contributed by atoms with Gasteiger partial charge in [-0.05, 0) is 42.3 Å². The molecule has 0 N–H and O–H groups in total. The molecule has 13 heteroatoms. The first kappa shape index (κ1) is 25.5. The Morgan fingerprint density at radius 3 is 2.35 bits per heavy atom. The van der Waals surface area contributed by atoms with Crippen molar-refractivity contribution in [3.05, 3.63) is 58.5 Å². The summed E-state index contributed by atoms with van der Waals surface area (Å²) in [6.07, 6.45) is 3.18. The van der Waals surface area contributed by atoms with Crippen LogP contribution in [0.25, 0.3) is 16.9 Å². The van der Waals surface area contributed by atoms with Gasteiger partial charge in [0, 0.05) is 43.0 Å². The lowest BCUT2D eigenvalue weighted by Gasteiger charge is -2.36. The molecular weight excluding hydrogens is 539 g/mol. The van der Waals surface area contributed by atoms with Crippen LogP contribution in [0.4, 0.5) is 5.82 Å². The maximum absolute atomic E-state index is 13.4.